The van der Waals surface area contributed by atoms with Crippen molar-refractivity contribution >= 4 is 18.0 Å². The smallest absolute Gasteiger partial charge is 0.325 e. The van der Waals surface area contributed by atoms with Crippen molar-refractivity contribution in [1.82, 2.24) is 0 Å². The normalized spacial score (nSPS) is 22.2. The zero-order valence-electron chi connectivity index (χ0n) is 9.97. The van der Waals surface area contributed by atoms with E-state index in [0.29, 0.717) is 0 Å². The second kappa shape index (κ2) is 5.78. The highest BCUT2D eigenvalue weighted by molar-refractivity contribution is 7.95. The Morgan fingerprint density at radius 1 is 1.13 bits per heavy atom. The van der Waals surface area contributed by atoms with Crippen LogP contribution in [-0.4, -0.2) is 11.7 Å². The van der Waals surface area contributed by atoms with E-state index in [0.717, 1.165) is 30.9 Å². The minimum atomic E-state index is -0.102. The summed E-state index contributed by atoms with van der Waals surface area (Å²) in [5, 5.41) is 0. The first kappa shape index (κ1) is 12.9. The Kier molecular flexibility index (Phi) is 4.97. The number of rotatable bonds is 0. The van der Waals surface area contributed by atoms with Gasteiger partial charge in [-0.05, 0) is 18.3 Å². The van der Waals surface area contributed by atoms with Gasteiger partial charge in [-0.15, -0.1) is 0 Å². The molecule has 1 aliphatic heterocycles. The highest BCUT2D eigenvalue weighted by atomic mass is 32.2. The van der Waals surface area contributed by atoms with E-state index in [-0.39, 0.29) is 11.4 Å². The van der Waals surface area contributed by atoms with Gasteiger partial charge in [0, 0.05) is 5.75 Å². The third-order valence-electron chi connectivity index (χ3n) is 2.69. The van der Waals surface area contributed by atoms with E-state index in [1.54, 1.807) is 0 Å². The van der Waals surface area contributed by atoms with Crippen LogP contribution in [0.25, 0.3) is 0 Å². The highest BCUT2D eigenvalue weighted by Crippen LogP contribution is 2.35. The van der Waals surface area contributed by atoms with Gasteiger partial charge in [-0.2, -0.15) is 0 Å². The topological polar surface area (TPSA) is 26.3 Å². The summed E-state index contributed by atoms with van der Waals surface area (Å²) in [6.45, 7) is 6.25. The first-order valence-corrected chi connectivity index (χ1v) is 6.63. The Morgan fingerprint density at radius 3 is 2.47 bits per heavy atom. The number of hydrogen-bond donors (Lipinski definition) is 0. The Morgan fingerprint density at radius 2 is 1.80 bits per heavy atom. The van der Waals surface area contributed by atoms with Crippen LogP contribution >= 0.6 is 12.0 Å². The zero-order valence-corrected chi connectivity index (χ0v) is 10.8. The SMILES string of the molecule is CC(C)(C)[C]1CCCCCCSOC1=O. The minimum absolute atomic E-state index is 0.0587. The lowest BCUT2D eigenvalue weighted by atomic mass is 9.78. The molecule has 0 saturated carbocycles. The van der Waals surface area contributed by atoms with Crippen molar-refractivity contribution in [3.63, 3.8) is 0 Å². The standard InChI is InChI=1S/C12H21O2S/c1-12(2,3)10-8-6-4-5-7-9-15-14-11(10)13/h4-9H2,1-3H3. The van der Waals surface area contributed by atoms with Crippen molar-refractivity contribution in [3.05, 3.63) is 5.92 Å². The number of hydrogen-bond acceptors (Lipinski definition) is 3. The molecule has 0 N–H and O–H groups in total. The summed E-state index contributed by atoms with van der Waals surface area (Å²) in [7, 11) is 0. The molecule has 0 aromatic rings. The van der Waals surface area contributed by atoms with Crippen LogP contribution in [0.15, 0.2) is 0 Å². The quantitative estimate of drug-likeness (QED) is 0.592. The summed E-state index contributed by atoms with van der Waals surface area (Å²) in [6, 6.07) is 0. The van der Waals surface area contributed by atoms with Crippen LogP contribution in [0.5, 0.6) is 0 Å². The molecule has 1 fully saturated rings. The molecule has 0 spiro atoms. The molecule has 0 amide bonds. The van der Waals surface area contributed by atoms with E-state index in [1.807, 2.05) is 0 Å². The van der Waals surface area contributed by atoms with E-state index in [2.05, 4.69) is 20.8 Å². The summed E-state index contributed by atoms with van der Waals surface area (Å²) in [5.74, 6) is 1.77. The lowest BCUT2D eigenvalue weighted by molar-refractivity contribution is -0.132. The summed E-state index contributed by atoms with van der Waals surface area (Å²) >= 11 is 1.31. The van der Waals surface area contributed by atoms with Gasteiger partial charge in [0.15, 0.2) is 0 Å². The summed E-state index contributed by atoms with van der Waals surface area (Å²) < 4.78 is 5.20. The maximum atomic E-state index is 11.8. The fraction of sp³-hybridized carbons (Fsp3) is 0.833. The first-order chi connectivity index (χ1) is 7.02. The van der Waals surface area contributed by atoms with Crippen LogP contribution in [0.1, 0.15) is 52.9 Å². The van der Waals surface area contributed by atoms with E-state index in [4.69, 9.17) is 4.18 Å². The average Bonchev–Trinajstić information content (AvgIpc) is 2.14. The fourth-order valence-electron chi connectivity index (χ4n) is 1.75. The lowest BCUT2D eigenvalue weighted by Gasteiger charge is -2.28. The van der Waals surface area contributed by atoms with Gasteiger partial charge >= 0.3 is 5.97 Å². The van der Waals surface area contributed by atoms with Gasteiger partial charge in [0.05, 0.1) is 18.0 Å². The lowest BCUT2D eigenvalue weighted by Crippen LogP contribution is -2.27. The van der Waals surface area contributed by atoms with Crippen LogP contribution in [-0.2, 0) is 8.98 Å². The van der Waals surface area contributed by atoms with Crippen molar-refractivity contribution in [1.29, 1.82) is 0 Å². The van der Waals surface area contributed by atoms with E-state index in [9.17, 15) is 4.79 Å². The third-order valence-corrected chi connectivity index (χ3v) is 3.42. The molecule has 1 saturated heterocycles. The van der Waals surface area contributed by atoms with Gasteiger partial charge in [-0.1, -0.05) is 40.0 Å². The molecule has 1 rings (SSSR count). The van der Waals surface area contributed by atoms with Crippen molar-refractivity contribution in [2.24, 2.45) is 5.41 Å². The Labute approximate surface area is 97.4 Å². The van der Waals surface area contributed by atoms with Gasteiger partial charge in [-0.3, -0.25) is 4.79 Å². The molecule has 1 aliphatic rings. The summed E-state index contributed by atoms with van der Waals surface area (Å²) in [4.78, 5) is 11.8. The van der Waals surface area contributed by atoms with Crippen molar-refractivity contribution in [2.75, 3.05) is 5.75 Å². The molecule has 1 heterocycles. The van der Waals surface area contributed by atoms with E-state index < -0.39 is 0 Å². The molecule has 0 aromatic heterocycles. The molecule has 0 aliphatic carbocycles. The second-order valence-electron chi connectivity index (χ2n) is 5.09. The number of carbonyl (C=O) groups excluding carboxylic acids is 1. The zero-order chi connectivity index (χ0) is 11.3. The Balaban J connectivity index is 2.59. The van der Waals surface area contributed by atoms with Gasteiger partial charge in [0.25, 0.3) is 0 Å². The van der Waals surface area contributed by atoms with Crippen molar-refractivity contribution in [2.45, 2.75) is 52.9 Å². The minimum Gasteiger partial charge on any atom is -0.391 e. The number of carbonyl (C=O) groups is 1. The van der Waals surface area contributed by atoms with E-state index >= 15 is 0 Å². The van der Waals surface area contributed by atoms with Crippen LogP contribution in [0.2, 0.25) is 0 Å². The van der Waals surface area contributed by atoms with Crippen LogP contribution in [0, 0.1) is 11.3 Å². The summed E-state index contributed by atoms with van der Waals surface area (Å²) in [6.07, 6.45) is 5.65. The maximum absolute atomic E-state index is 11.8. The predicted octanol–water partition coefficient (Wildman–Crippen LogP) is 3.76. The molecule has 0 bridgehead atoms. The maximum Gasteiger partial charge on any atom is 0.325 e. The predicted molar refractivity (Wildman–Crippen MR) is 64.3 cm³/mol. The molecule has 0 aromatic carbocycles. The Bertz CT molecular complexity index is 208. The van der Waals surface area contributed by atoms with Gasteiger partial charge in [0.1, 0.15) is 0 Å². The molecule has 0 unspecified atom stereocenters. The molecular weight excluding hydrogens is 208 g/mol. The summed E-state index contributed by atoms with van der Waals surface area (Å²) in [5.41, 5.74) is -0.0587. The molecule has 3 heteroatoms. The first-order valence-electron chi connectivity index (χ1n) is 5.72. The van der Waals surface area contributed by atoms with Crippen LogP contribution in [0.4, 0.5) is 0 Å². The third kappa shape index (κ3) is 4.45. The van der Waals surface area contributed by atoms with Gasteiger partial charge in [0.2, 0.25) is 0 Å². The van der Waals surface area contributed by atoms with Crippen LogP contribution in [0.3, 0.4) is 0 Å². The van der Waals surface area contributed by atoms with E-state index in [1.165, 1.54) is 24.9 Å². The highest BCUT2D eigenvalue weighted by Gasteiger charge is 2.33. The average molecular weight is 229 g/mol. The molecule has 1 radical (unpaired) electrons. The molecule has 0 atom stereocenters. The monoisotopic (exact) mass is 229 g/mol. The molecule has 15 heavy (non-hydrogen) atoms. The largest absolute Gasteiger partial charge is 0.391 e. The molecule has 2 nitrogen and oxygen atoms in total. The van der Waals surface area contributed by atoms with Gasteiger partial charge in [-0.25, -0.2) is 0 Å². The fourth-order valence-corrected chi connectivity index (χ4v) is 2.36. The second-order valence-corrected chi connectivity index (χ2v) is 5.90. The van der Waals surface area contributed by atoms with Crippen molar-refractivity contribution < 1.29 is 8.98 Å². The van der Waals surface area contributed by atoms with Gasteiger partial charge < -0.3 is 4.18 Å². The molecule has 87 valence electrons. The molecular formula is C12H21O2S. The van der Waals surface area contributed by atoms with Crippen LogP contribution < -0.4 is 0 Å². The van der Waals surface area contributed by atoms with Crippen molar-refractivity contribution in [3.8, 4) is 0 Å². The Hall–Kier alpha value is -0.180.